The highest BCUT2D eigenvalue weighted by molar-refractivity contribution is 7.99. The van der Waals surface area contributed by atoms with E-state index in [9.17, 15) is 0 Å². The van der Waals surface area contributed by atoms with Crippen LogP contribution in [0.5, 0.6) is 0 Å². The zero-order chi connectivity index (χ0) is 12.8. The Bertz CT molecular complexity index is 240. The lowest BCUT2D eigenvalue weighted by atomic mass is 10.2. The van der Waals surface area contributed by atoms with E-state index in [1.807, 2.05) is 0 Å². The molecule has 2 aliphatic heterocycles. The largest absolute Gasteiger partial charge is 0.372 e. The summed E-state index contributed by atoms with van der Waals surface area (Å²) in [6.07, 6.45) is 4.63. The molecule has 0 amide bonds. The first kappa shape index (κ1) is 14.6. The number of rotatable bonds is 6. The maximum atomic E-state index is 6.14. The Hall–Kier alpha value is 0.230. The molecule has 2 fully saturated rings. The summed E-state index contributed by atoms with van der Waals surface area (Å²) < 4.78 is 6.14. The molecule has 2 rings (SSSR count). The number of ether oxygens (including phenoxy) is 1. The minimum absolute atomic E-state index is 0.457. The molecular formula is C14H28N2OS. The van der Waals surface area contributed by atoms with Gasteiger partial charge in [0.1, 0.15) is 0 Å². The third-order valence-electron chi connectivity index (χ3n) is 3.78. The highest BCUT2D eigenvalue weighted by atomic mass is 32.2. The average molecular weight is 272 g/mol. The Labute approximate surface area is 116 Å². The third-order valence-corrected chi connectivity index (χ3v) is 4.92. The van der Waals surface area contributed by atoms with Crippen molar-refractivity contribution >= 4 is 11.8 Å². The van der Waals surface area contributed by atoms with Crippen molar-refractivity contribution in [1.82, 2.24) is 10.2 Å². The van der Waals surface area contributed by atoms with Gasteiger partial charge in [-0.15, -0.1) is 0 Å². The van der Waals surface area contributed by atoms with Crippen LogP contribution in [0.1, 0.15) is 33.1 Å². The molecule has 0 aliphatic carbocycles. The van der Waals surface area contributed by atoms with Gasteiger partial charge in [0.25, 0.3) is 0 Å². The summed E-state index contributed by atoms with van der Waals surface area (Å²) in [6, 6.07) is 0. The first-order chi connectivity index (χ1) is 8.78. The van der Waals surface area contributed by atoms with Gasteiger partial charge in [-0.1, -0.05) is 13.8 Å². The zero-order valence-electron chi connectivity index (χ0n) is 11.9. The second-order valence-electron chi connectivity index (χ2n) is 5.60. The highest BCUT2D eigenvalue weighted by Crippen LogP contribution is 2.23. The minimum atomic E-state index is 0.457. The summed E-state index contributed by atoms with van der Waals surface area (Å²) in [5.41, 5.74) is 0. The molecule has 2 aliphatic rings. The second kappa shape index (κ2) is 7.73. The molecular weight excluding hydrogens is 244 g/mol. The average Bonchev–Trinajstić information content (AvgIpc) is 2.77. The van der Waals surface area contributed by atoms with Gasteiger partial charge >= 0.3 is 0 Å². The van der Waals surface area contributed by atoms with Crippen LogP contribution in [0.3, 0.4) is 0 Å². The van der Waals surface area contributed by atoms with Gasteiger partial charge in [-0.05, 0) is 25.8 Å². The maximum Gasteiger partial charge on any atom is 0.0707 e. The van der Waals surface area contributed by atoms with Gasteiger partial charge in [-0.25, -0.2) is 0 Å². The van der Waals surface area contributed by atoms with Crippen molar-refractivity contribution in [2.24, 2.45) is 0 Å². The number of hydrogen-bond acceptors (Lipinski definition) is 4. The van der Waals surface area contributed by atoms with Crippen LogP contribution in [0.15, 0.2) is 0 Å². The predicted molar refractivity (Wildman–Crippen MR) is 79.4 cm³/mol. The minimum Gasteiger partial charge on any atom is -0.372 e. The molecule has 0 aromatic carbocycles. The van der Waals surface area contributed by atoms with Crippen molar-refractivity contribution in [2.75, 3.05) is 38.5 Å². The molecule has 2 heterocycles. The van der Waals surface area contributed by atoms with Gasteiger partial charge < -0.3 is 10.1 Å². The van der Waals surface area contributed by atoms with Crippen LogP contribution in [0.2, 0.25) is 0 Å². The fraction of sp³-hybridized carbons (Fsp3) is 1.00. The zero-order valence-corrected chi connectivity index (χ0v) is 12.7. The van der Waals surface area contributed by atoms with Gasteiger partial charge in [-0.2, -0.15) is 11.8 Å². The second-order valence-corrected chi connectivity index (χ2v) is 7.15. The molecule has 3 nitrogen and oxygen atoms in total. The van der Waals surface area contributed by atoms with Crippen LogP contribution >= 0.6 is 11.8 Å². The van der Waals surface area contributed by atoms with Crippen LogP contribution < -0.4 is 5.32 Å². The van der Waals surface area contributed by atoms with Crippen molar-refractivity contribution in [1.29, 1.82) is 0 Å². The normalized spacial score (nSPS) is 34.0. The van der Waals surface area contributed by atoms with Crippen LogP contribution in [0.4, 0.5) is 0 Å². The van der Waals surface area contributed by atoms with Crippen molar-refractivity contribution in [3.63, 3.8) is 0 Å². The van der Waals surface area contributed by atoms with E-state index >= 15 is 0 Å². The SMILES string of the molecule is CCCNCC1CCC(CN2CCSC(C)C2)O1. The molecule has 0 spiro atoms. The summed E-state index contributed by atoms with van der Waals surface area (Å²) in [5, 5.41) is 4.26. The molecule has 3 unspecified atom stereocenters. The Morgan fingerprint density at radius 1 is 1.33 bits per heavy atom. The fourth-order valence-corrected chi connectivity index (χ4v) is 3.93. The van der Waals surface area contributed by atoms with Crippen molar-refractivity contribution in [3.8, 4) is 0 Å². The smallest absolute Gasteiger partial charge is 0.0707 e. The van der Waals surface area contributed by atoms with E-state index in [4.69, 9.17) is 4.74 Å². The number of nitrogens with one attached hydrogen (secondary N) is 1. The Kier molecular flexibility index (Phi) is 6.29. The van der Waals surface area contributed by atoms with E-state index in [2.05, 4.69) is 35.8 Å². The quantitative estimate of drug-likeness (QED) is 0.747. The molecule has 18 heavy (non-hydrogen) atoms. The third kappa shape index (κ3) is 4.72. The summed E-state index contributed by atoms with van der Waals surface area (Å²) in [5.74, 6) is 1.29. The molecule has 3 atom stereocenters. The van der Waals surface area contributed by atoms with Crippen LogP contribution in [0, 0.1) is 0 Å². The van der Waals surface area contributed by atoms with Crippen molar-refractivity contribution in [2.45, 2.75) is 50.6 Å². The van der Waals surface area contributed by atoms with E-state index in [1.54, 1.807) is 0 Å². The van der Waals surface area contributed by atoms with Crippen LogP contribution in [-0.4, -0.2) is 60.8 Å². The molecule has 0 saturated carbocycles. The Morgan fingerprint density at radius 3 is 2.94 bits per heavy atom. The van der Waals surface area contributed by atoms with Gasteiger partial charge in [-0.3, -0.25) is 4.90 Å². The van der Waals surface area contributed by atoms with E-state index in [0.29, 0.717) is 12.2 Å². The summed E-state index contributed by atoms with van der Waals surface area (Å²) in [6.45, 7) is 10.3. The Balaban J connectivity index is 1.63. The number of thioether (sulfide) groups is 1. The number of nitrogens with zero attached hydrogens (tertiary/aromatic N) is 1. The summed E-state index contributed by atoms with van der Waals surface area (Å²) in [4.78, 5) is 2.59. The van der Waals surface area contributed by atoms with Crippen molar-refractivity contribution < 1.29 is 4.74 Å². The molecule has 106 valence electrons. The first-order valence-corrected chi connectivity index (χ1v) is 8.53. The van der Waals surface area contributed by atoms with E-state index in [0.717, 1.165) is 24.9 Å². The van der Waals surface area contributed by atoms with E-state index in [1.165, 1.54) is 38.1 Å². The molecule has 1 N–H and O–H groups in total. The predicted octanol–water partition coefficient (Wildman–Crippen LogP) is 1.97. The fourth-order valence-electron chi connectivity index (χ4n) is 2.85. The van der Waals surface area contributed by atoms with E-state index in [-0.39, 0.29) is 0 Å². The lowest BCUT2D eigenvalue weighted by Crippen LogP contribution is -2.41. The van der Waals surface area contributed by atoms with E-state index < -0.39 is 0 Å². The topological polar surface area (TPSA) is 24.5 Å². The molecule has 0 aromatic heterocycles. The standard InChI is InChI=1S/C14H28N2OS/c1-3-6-15-9-13-4-5-14(17-13)11-16-7-8-18-12(2)10-16/h12-15H,3-11H2,1-2H3. The van der Waals surface area contributed by atoms with Crippen LogP contribution in [0.25, 0.3) is 0 Å². The van der Waals surface area contributed by atoms with Gasteiger partial charge in [0.05, 0.1) is 12.2 Å². The lowest BCUT2D eigenvalue weighted by molar-refractivity contribution is 0.0243. The van der Waals surface area contributed by atoms with Crippen LogP contribution in [-0.2, 0) is 4.74 Å². The lowest BCUT2D eigenvalue weighted by Gasteiger charge is -2.32. The molecule has 4 heteroatoms. The summed E-state index contributed by atoms with van der Waals surface area (Å²) in [7, 11) is 0. The van der Waals surface area contributed by atoms with Gasteiger partial charge in [0.15, 0.2) is 0 Å². The molecule has 0 bridgehead atoms. The number of hydrogen-bond donors (Lipinski definition) is 1. The monoisotopic (exact) mass is 272 g/mol. The molecule has 0 aromatic rings. The van der Waals surface area contributed by atoms with Crippen molar-refractivity contribution in [3.05, 3.63) is 0 Å². The molecule has 0 radical (unpaired) electrons. The maximum absolute atomic E-state index is 6.14. The van der Waals surface area contributed by atoms with Gasteiger partial charge in [0.2, 0.25) is 0 Å². The Morgan fingerprint density at radius 2 is 2.17 bits per heavy atom. The van der Waals surface area contributed by atoms with Gasteiger partial charge in [0, 0.05) is 37.2 Å². The molecule has 2 saturated heterocycles. The first-order valence-electron chi connectivity index (χ1n) is 7.48. The summed E-state index contributed by atoms with van der Waals surface area (Å²) >= 11 is 2.10. The highest BCUT2D eigenvalue weighted by Gasteiger charge is 2.27.